The van der Waals surface area contributed by atoms with Crippen molar-refractivity contribution in [3.05, 3.63) is 50.9 Å². The monoisotopic (exact) mass is 272 g/mol. The molecule has 2 rings (SSSR count). The lowest BCUT2D eigenvalue weighted by atomic mass is 10.1. The lowest BCUT2D eigenvalue weighted by Gasteiger charge is -2.05. The largest absolute Gasteiger partial charge is 0.295 e. The van der Waals surface area contributed by atoms with Crippen molar-refractivity contribution >= 4 is 0 Å². The smallest absolute Gasteiger partial charge is 0.274 e. The van der Waals surface area contributed by atoms with Crippen LogP contribution in [0.3, 0.4) is 0 Å². The Hall–Kier alpha value is -1.77. The van der Waals surface area contributed by atoms with Crippen molar-refractivity contribution in [3.63, 3.8) is 0 Å². The summed E-state index contributed by atoms with van der Waals surface area (Å²) < 4.78 is 1.69. The Labute approximate surface area is 120 Å². The van der Waals surface area contributed by atoms with Gasteiger partial charge in [0.2, 0.25) is 0 Å². The zero-order chi connectivity index (χ0) is 14.7. The summed E-state index contributed by atoms with van der Waals surface area (Å²) in [5.41, 5.74) is 5.51. The van der Waals surface area contributed by atoms with Crippen LogP contribution in [0.4, 0.5) is 0 Å². The van der Waals surface area contributed by atoms with Crippen molar-refractivity contribution in [3.8, 4) is 5.69 Å². The van der Waals surface area contributed by atoms with Gasteiger partial charge in [0.25, 0.3) is 5.56 Å². The molecule has 0 spiro atoms. The van der Waals surface area contributed by atoms with Crippen LogP contribution in [0.15, 0.2) is 23.0 Å². The van der Waals surface area contributed by atoms with Gasteiger partial charge in [-0.3, -0.25) is 9.89 Å². The van der Waals surface area contributed by atoms with Crippen molar-refractivity contribution < 1.29 is 0 Å². The fraction of sp³-hybridized carbons (Fsp3) is 0.471. The molecule has 0 aliphatic rings. The maximum Gasteiger partial charge on any atom is 0.274 e. The quantitative estimate of drug-likeness (QED) is 0.885. The molecule has 0 unspecified atom stereocenters. The summed E-state index contributed by atoms with van der Waals surface area (Å²) in [7, 11) is 0. The van der Waals surface area contributed by atoms with Crippen LogP contribution in [0.5, 0.6) is 0 Å². The number of aromatic nitrogens is 2. The molecule has 0 saturated carbocycles. The second kappa shape index (κ2) is 6.12. The molecule has 3 heteroatoms. The van der Waals surface area contributed by atoms with Gasteiger partial charge in [0.05, 0.1) is 5.69 Å². The first-order chi connectivity index (χ1) is 9.58. The first-order valence-corrected chi connectivity index (χ1v) is 7.48. The van der Waals surface area contributed by atoms with E-state index >= 15 is 0 Å². The Morgan fingerprint density at radius 3 is 2.50 bits per heavy atom. The number of aryl methyl sites for hydroxylation is 3. The van der Waals surface area contributed by atoms with Gasteiger partial charge in [-0.2, -0.15) is 0 Å². The Bertz CT molecular complexity index is 649. The highest BCUT2D eigenvalue weighted by molar-refractivity contribution is 5.40. The average molecular weight is 272 g/mol. The number of rotatable bonds is 5. The number of unbranched alkanes of at least 4 members (excludes halogenated alkanes) is 1. The first kappa shape index (κ1) is 14.6. The molecule has 0 bridgehead atoms. The molecule has 1 aromatic heterocycles. The molecule has 0 amide bonds. The molecule has 1 heterocycles. The van der Waals surface area contributed by atoms with E-state index < -0.39 is 0 Å². The molecule has 0 aliphatic heterocycles. The fourth-order valence-corrected chi connectivity index (χ4v) is 2.47. The number of H-pyrrole nitrogens is 1. The average Bonchev–Trinajstić information content (AvgIpc) is 2.76. The van der Waals surface area contributed by atoms with E-state index in [1.807, 2.05) is 6.07 Å². The summed E-state index contributed by atoms with van der Waals surface area (Å²) >= 11 is 0. The zero-order valence-electron chi connectivity index (χ0n) is 12.9. The van der Waals surface area contributed by atoms with E-state index in [1.54, 1.807) is 4.68 Å². The molecule has 1 N–H and O–H groups in total. The summed E-state index contributed by atoms with van der Waals surface area (Å²) in [6, 6.07) is 6.13. The molecule has 3 nitrogen and oxygen atoms in total. The van der Waals surface area contributed by atoms with E-state index in [0.29, 0.717) is 0 Å². The first-order valence-electron chi connectivity index (χ1n) is 7.48. The van der Waals surface area contributed by atoms with Gasteiger partial charge in [-0.25, -0.2) is 4.68 Å². The molecule has 0 saturated heterocycles. The third kappa shape index (κ3) is 2.72. The second-order valence-corrected chi connectivity index (χ2v) is 5.44. The van der Waals surface area contributed by atoms with Gasteiger partial charge in [0, 0.05) is 11.3 Å². The minimum absolute atomic E-state index is 0.110. The summed E-state index contributed by atoms with van der Waals surface area (Å²) in [4.78, 5) is 12.6. The predicted octanol–water partition coefficient (Wildman–Crippen LogP) is 3.69. The second-order valence-electron chi connectivity index (χ2n) is 5.44. The Morgan fingerprint density at radius 1 is 1.15 bits per heavy atom. The Kier molecular flexibility index (Phi) is 4.48. The minimum atomic E-state index is 0.110. The van der Waals surface area contributed by atoms with E-state index in [2.05, 4.69) is 44.9 Å². The van der Waals surface area contributed by atoms with Crippen molar-refractivity contribution in [1.29, 1.82) is 0 Å². The van der Waals surface area contributed by atoms with Gasteiger partial charge in [0.1, 0.15) is 0 Å². The molecule has 0 aliphatic carbocycles. The highest BCUT2D eigenvalue weighted by atomic mass is 16.1. The number of nitrogens with zero attached hydrogens (tertiary/aromatic N) is 1. The predicted molar refractivity (Wildman–Crippen MR) is 83.9 cm³/mol. The topological polar surface area (TPSA) is 37.8 Å². The van der Waals surface area contributed by atoms with Crippen LogP contribution in [-0.2, 0) is 12.8 Å². The number of hydrogen-bond donors (Lipinski definition) is 1. The fourth-order valence-electron chi connectivity index (χ4n) is 2.47. The summed E-state index contributed by atoms with van der Waals surface area (Å²) in [6.07, 6.45) is 3.91. The molecule has 1 aromatic carbocycles. The van der Waals surface area contributed by atoms with E-state index in [4.69, 9.17) is 0 Å². The van der Waals surface area contributed by atoms with Crippen LogP contribution >= 0.6 is 0 Å². The van der Waals surface area contributed by atoms with Crippen LogP contribution in [-0.4, -0.2) is 9.78 Å². The maximum atomic E-state index is 12.6. The van der Waals surface area contributed by atoms with Gasteiger partial charge >= 0.3 is 0 Å². The molecule has 108 valence electrons. The highest BCUT2D eigenvalue weighted by Crippen LogP contribution is 2.14. The van der Waals surface area contributed by atoms with Crippen LogP contribution in [0.2, 0.25) is 0 Å². The molecule has 0 atom stereocenters. The molecule has 20 heavy (non-hydrogen) atoms. The van der Waals surface area contributed by atoms with Crippen LogP contribution in [0.25, 0.3) is 5.69 Å². The van der Waals surface area contributed by atoms with Gasteiger partial charge in [-0.1, -0.05) is 26.3 Å². The summed E-state index contributed by atoms with van der Waals surface area (Å²) in [6.45, 7) is 8.40. The number of aromatic amines is 1. The normalized spacial score (nSPS) is 11.0. The van der Waals surface area contributed by atoms with Gasteiger partial charge in [-0.05, 0) is 56.4 Å². The third-order valence-electron chi connectivity index (χ3n) is 3.95. The summed E-state index contributed by atoms with van der Waals surface area (Å²) in [5.74, 6) is 0. The lowest BCUT2D eigenvalue weighted by Crippen LogP contribution is -2.17. The number of benzene rings is 1. The number of nitrogens with one attached hydrogen (secondary N) is 1. The molecule has 0 fully saturated rings. The van der Waals surface area contributed by atoms with Crippen molar-refractivity contribution in [2.45, 2.75) is 53.4 Å². The van der Waals surface area contributed by atoms with Crippen molar-refractivity contribution in [1.82, 2.24) is 9.78 Å². The number of hydrogen-bond acceptors (Lipinski definition) is 1. The Morgan fingerprint density at radius 2 is 1.90 bits per heavy atom. The van der Waals surface area contributed by atoms with Gasteiger partial charge < -0.3 is 0 Å². The Balaban J connectivity index is 2.49. The van der Waals surface area contributed by atoms with Crippen molar-refractivity contribution in [2.75, 3.05) is 0 Å². The molecular weight excluding hydrogens is 248 g/mol. The highest BCUT2D eigenvalue weighted by Gasteiger charge is 2.13. The molecule has 0 radical (unpaired) electrons. The molecule has 2 aromatic rings. The van der Waals surface area contributed by atoms with Crippen LogP contribution in [0, 0.1) is 13.8 Å². The maximum absolute atomic E-state index is 12.6. The van der Waals surface area contributed by atoms with E-state index in [1.165, 1.54) is 11.1 Å². The lowest BCUT2D eigenvalue weighted by molar-refractivity contribution is 0.783. The standard InChI is InChI=1S/C17H24N2O/c1-5-7-8-15-16(6-2)18-19(17(15)20)14-10-9-12(3)13(4)11-14/h9-11,18H,5-8H2,1-4H3. The minimum Gasteiger partial charge on any atom is -0.295 e. The van der Waals surface area contributed by atoms with Gasteiger partial charge in [-0.15, -0.1) is 0 Å². The zero-order valence-corrected chi connectivity index (χ0v) is 12.9. The van der Waals surface area contributed by atoms with Crippen LogP contribution in [0.1, 0.15) is 49.1 Å². The SMILES string of the molecule is CCCCc1c(CC)[nH]n(-c2ccc(C)c(C)c2)c1=O. The van der Waals surface area contributed by atoms with Gasteiger partial charge in [0.15, 0.2) is 0 Å². The van der Waals surface area contributed by atoms with Crippen LogP contribution < -0.4 is 5.56 Å². The van der Waals surface area contributed by atoms with E-state index in [9.17, 15) is 4.79 Å². The van der Waals surface area contributed by atoms with E-state index in [-0.39, 0.29) is 5.56 Å². The van der Waals surface area contributed by atoms with E-state index in [0.717, 1.165) is 42.6 Å². The van der Waals surface area contributed by atoms with Crippen molar-refractivity contribution in [2.24, 2.45) is 0 Å². The third-order valence-corrected chi connectivity index (χ3v) is 3.95. The summed E-state index contributed by atoms with van der Waals surface area (Å²) in [5, 5.41) is 3.28. The molecular formula is C17H24N2O.